The summed E-state index contributed by atoms with van der Waals surface area (Å²) in [5.41, 5.74) is 0.734. The average molecular weight is 253 g/mol. The van der Waals surface area contributed by atoms with E-state index in [1.807, 2.05) is 30.3 Å². The molecule has 0 aromatic heterocycles. The molecule has 0 amide bonds. The highest BCUT2D eigenvalue weighted by molar-refractivity contribution is 8.14. The van der Waals surface area contributed by atoms with Gasteiger partial charge in [-0.3, -0.25) is 4.79 Å². The van der Waals surface area contributed by atoms with Crippen LogP contribution >= 0.6 is 11.8 Å². The lowest BCUT2D eigenvalue weighted by molar-refractivity contribution is 0.0649. The standard InChI is InChI=1S/C13H17O3S/c1-2-15-8-9-16-10-11-17-13(14)12-6-4-3-5-7-12/h3-7H,1-2,8-11H2. The summed E-state index contributed by atoms with van der Waals surface area (Å²) in [5.74, 6) is 0.665. The molecule has 0 unspecified atom stereocenters. The third-order valence-corrected chi connectivity index (χ3v) is 2.86. The maximum Gasteiger partial charge on any atom is 0.219 e. The summed E-state index contributed by atoms with van der Waals surface area (Å²) in [6, 6.07) is 9.25. The van der Waals surface area contributed by atoms with E-state index in [0.717, 1.165) is 5.56 Å². The molecule has 0 saturated carbocycles. The van der Waals surface area contributed by atoms with E-state index in [9.17, 15) is 4.79 Å². The second-order valence-electron chi connectivity index (χ2n) is 3.23. The monoisotopic (exact) mass is 253 g/mol. The van der Waals surface area contributed by atoms with Gasteiger partial charge in [0.05, 0.1) is 19.8 Å². The smallest absolute Gasteiger partial charge is 0.219 e. The van der Waals surface area contributed by atoms with Crippen LogP contribution in [0.15, 0.2) is 30.3 Å². The van der Waals surface area contributed by atoms with Crippen molar-refractivity contribution in [3.05, 3.63) is 42.8 Å². The number of rotatable bonds is 8. The number of carbonyl (C=O) groups is 1. The van der Waals surface area contributed by atoms with Gasteiger partial charge in [0.15, 0.2) is 0 Å². The van der Waals surface area contributed by atoms with Crippen LogP contribution in [-0.4, -0.2) is 37.3 Å². The Bertz CT molecular complexity index is 314. The van der Waals surface area contributed by atoms with Gasteiger partial charge in [-0.2, -0.15) is 0 Å². The van der Waals surface area contributed by atoms with Gasteiger partial charge >= 0.3 is 0 Å². The lowest BCUT2D eigenvalue weighted by Gasteiger charge is -2.03. The highest BCUT2D eigenvalue weighted by Gasteiger charge is 2.04. The predicted molar refractivity (Wildman–Crippen MR) is 70.2 cm³/mol. The minimum absolute atomic E-state index is 0.0863. The molecular formula is C13H17O3S. The minimum Gasteiger partial charge on any atom is -0.379 e. The molecule has 0 heterocycles. The molecule has 0 fully saturated rings. The molecule has 1 radical (unpaired) electrons. The second-order valence-corrected chi connectivity index (χ2v) is 4.29. The molecule has 0 bridgehead atoms. The number of ether oxygens (including phenoxy) is 2. The van der Waals surface area contributed by atoms with Gasteiger partial charge in [0.1, 0.15) is 0 Å². The Balaban J connectivity index is 2.05. The van der Waals surface area contributed by atoms with E-state index in [-0.39, 0.29) is 5.12 Å². The molecule has 1 aromatic carbocycles. The molecular weight excluding hydrogens is 236 g/mol. The van der Waals surface area contributed by atoms with Crippen LogP contribution in [0.1, 0.15) is 10.4 Å². The zero-order chi connectivity index (χ0) is 12.3. The molecule has 3 nitrogen and oxygen atoms in total. The van der Waals surface area contributed by atoms with Crippen molar-refractivity contribution in [2.75, 3.05) is 32.2 Å². The Kier molecular flexibility index (Phi) is 7.71. The quantitative estimate of drug-likeness (QED) is 0.667. The molecule has 0 aliphatic rings. The summed E-state index contributed by atoms with van der Waals surface area (Å²) < 4.78 is 10.3. The van der Waals surface area contributed by atoms with Crippen molar-refractivity contribution in [1.29, 1.82) is 0 Å². The average Bonchev–Trinajstić information content (AvgIpc) is 2.38. The Hall–Kier alpha value is -0.840. The van der Waals surface area contributed by atoms with E-state index in [1.54, 1.807) is 0 Å². The van der Waals surface area contributed by atoms with Crippen molar-refractivity contribution in [3.63, 3.8) is 0 Å². The summed E-state index contributed by atoms with van der Waals surface area (Å²) in [6.45, 7) is 5.68. The minimum atomic E-state index is 0.0863. The number of benzene rings is 1. The maximum absolute atomic E-state index is 11.7. The van der Waals surface area contributed by atoms with Gasteiger partial charge in [0, 0.05) is 17.9 Å². The van der Waals surface area contributed by atoms with E-state index in [2.05, 4.69) is 6.92 Å². The molecule has 93 valence electrons. The fraction of sp³-hybridized carbons (Fsp3) is 0.385. The first-order valence-corrected chi connectivity index (χ1v) is 6.50. The fourth-order valence-electron chi connectivity index (χ4n) is 1.17. The van der Waals surface area contributed by atoms with Crippen LogP contribution in [0.25, 0.3) is 0 Å². The number of hydrogen-bond acceptors (Lipinski definition) is 4. The normalized spacial score (nSPS) is 10.4. The van der Waals surface area contributed by atoms with Gasteiger partial charge in [-0.05, 0) is 6.92 Å². The molecule has 4 heteroatoms. The van der Waals surface area contributed by atoms with Gasteiger partial charge in [-0.15, -0.1) is 0 Å². The topological polar surface area (TPSA) is 35.5 Å². The highest BCUT2D eigenvalue weighted by atomic mass is 32.2. The van der Waals surface area contributed by atoms with Crippen LogP contribution in [0.4, 0.5) is 0 Å². The molecule has 17 heavy (non-hydrogen) atoms. The van der Waals surface area contributed by atoms with Gasteiger partial charge in [-0.25, -0.2) is 0 Å². The van der Waals surface area contributed by atoms with Crippen molar-refractivity contribution in [3.8, 4) is 0 Å². The summed E-state index contributed by atoms with van der Waals surface area (Å²) >= 11 is 1.28. The van der Waals surface area contributed by atoms with Gasteiger partial charge in [-0.1, -0.05) is 42.1 Å². The van der Waals surface area contributed by atoms with E-state index in [4.69, 9.17) is 9.47 Å². The molecule has 0 spiro atoms. The van der Waals surface area contributed by atoms with Crippen LogP contribution in [0, 0.1) is 6.92 Å². The second kappa shape index (κ2) is 9.22. The van der Waals surface area contributed by atoms with Gasteiger partial charge in [0.25, 0.3) is 0 Å². The summed E-state index contributed by atoms with van der Waals surface area (Å²) in [4.78, 5) is 11.7. The van der Waals surface area contributed by atoms with E-state index >= 15 is 0 Å². The highest BCUT2D eigenvalue weighted by Crippen LogP contribution is 2.11. The lowest BCUT2D eigenvalue weighted by Crippen LogP contribution is -2.07. The number of thioether (sulfide) groups is 1. The van der Waals surface area contributed by atoms with Crippen molar-refractivity contribution < 1.29 is 14.3 Å². The molecule has 0 atom stereocenters. The van der Waals surface area contributed by atoms with E-state index < -0.39 is 0 Å². The van der Waals surface area contributed by atoms with Crippen LogP contribution in [0.5, 0.6) is 0 Å². The van der Waals surface area contributed by atoms with Crippen molar-refractivity contribution in [2.24, 2.45) is 0 Å². The first kappa shape index (κ1) is 14.2. The first-order chi connectivity index (χ1) is 8.34. The molecule has 1 aromatic rings. The Morgan fingerprint density at radius 2 is 1.82 bits per heavy atom. The van der Waals surface area contributed by atoms with Crippen LogP contribution < -0.4 is 0 Å². The number of hydrogen-bond donors (Lipinski definition) is 0. The predicted octanol–water partition coefficient (Wildman–Crippen LogP) is 2.43. The van der Waals surface area contributed by atoms with E-state index in [0.29, 0.717) is 32.2 Å². The number of carbonyl (C=O) groups excluding carboxylic acids is 1. The SMILES string of the molecule is [CH2]COCCOCCSC(=O)c1ccccc1. The summed E-state index contributed by atoms with van der Waals surface area (Å²) in [6.07, 6.45) is 0. The largest absolute Gasteiger partial charge is 0.379 e. The first-order valence-electron chi connectivity index (χ1n) is 5.51. The zero-order valence-electron chi connectivity index (χ0n) is 9.76. The molecule has 0 N–H and O–H groups in total. The third kappa shape index (κ3) is 6.46. The van der Waals surface area contributed by atoms with Crippen molar-refractivity contribution in [2.45, 2.75) is 0 Å². The zero-order valence-corrected chi connectivity index (χ0v) is 10.6. The fourth-order valence-corrected chi connectivity index (χ4v) is 1.86. The summed E-state index contributed by atoms with van der Waals surface area (Å²) in [5, 5.41) is 0.0863. The Labute approximate surface area is 106 Å². The maximum atomic E-state index is 11.7. The van der Waals surface area contributed by atoms with Gasteiger partial charge in [0.2, 0.25) is 5.12 Å². The van der Waals surface area contributed by atoms with Crippen LogP contribution in [0.3, 0.4) is 0 Å². The molecule has 0 aliphatic heterocycles. The molecule has 1 rings (SSSR count). The van der Waals surface area contributed by atoms with Crippen LogP contribution in [0.2, 0.25) is 0 Å². The Morgan fingerprint density at radius 3 is 2.53 bits per heavy atom. The summed E-state index contributed by atoms with van der Waals surface area (Å²) in [7, 11) is 0. The van der Waals surface area contributed by atoms with E-state index in [1.165, 1.54) is 11.8 Å². The third-order valence-electron chi connectivity index (χ3n) is 1.99. The lowest BCUT2D eigenvalue weighted by atomic mass is 10.2. The van der Waals surface area contributed by atoms with Crippen molar-refractivity contribution in [1.82, 2.24) is 0 Å². The van der Waals surface area contributed by atoms with Gasteiger partial charge < -0.3 is 9.47 Å². The molecule has 0 saturated heterocycles. The van der Waals surface area contributed by atoms with Crippen LogP contribution in [-0.2, 0) is 9.47 Å². The van der Waals surface area contributed by atoms with Crippen molar-refractivity contribution >= 4 is 16.9 Å². The molecule has 0 aliphatic carbocycles. The Morgan fingerprint density at radius 1 is 1.12 bits per heavy atom.